The van der Waals surface area contributed by atoms with Gasteiger partial charge in [-0.1, -0.05) is 46.3 Å². The van der Waals surface area contributed by atoms with E-state index >= 15 is 0 Å². The number of rotatable bonds is 10. The Balaban J connectivity index is 1.78. The first-order chi connectivity index (χ1) is 17.5. The summed E-state index contributed by atoms with van der Waals surface area (Å²) in [4.78, 5) is 18.3. The van der Waals surface area contributed by atoms with Gasteiger partial charge in [0.2, 0.25) is 5.90 Å². The Kier molecular flexibility index (Phi) is 8.25. The van der Waals surface area contributed by atoms with Gasteiger partial charge in [-0.05, 0) is 53.6 Å². The normalized spacial score (nSPS) is 18.8. The number of aliphatic hydroxyl groups is 1. The second-order valence-electron chi connectivity index (χ2n) is 8.31. The van der Waals surface area contributed by atoms with Gasteiger partial charge < -0.3 is 19.3 Å². The number of carbonyl (C=O) groups excluding carboxylic acids is 1. The molecular formula is C27H28BrN3O5. The third kappa shape index (κ3) is 5.38. The Bertz CT molecular complexity index is 1230. The van der Waals surface area contributed by atoms with E-state index in [1.165, 1.54) is 0 Å². The molecule has 0 bridgehead atoms. The number of hydrogen-bond acceptors (Lipinski definition) is 7. The summed E-state index contributed by atoms with van der Waals surface area (Å²) >= 11 is 3.59. The number of ether oxygens (including phenoxy) is 3. The maximum absolute atomic E-state index is 13.5. The molecule has 0 spiro atoms. The van der Waals surface area contributed by atoms with Gasteiger partial charge in [0.15, 0.2) is 11.6 Å². The molecule has 9 heteroatoms. The van der Waals surface area contributed by atoms with Crippen LogP contribution in [-0.2, 0) is 16.0 Å². The molecule has 4 N–H and O–H groups in total. The number of nitrogens with one attached hydrogen (secondary N) is 1. The summed E-state index contributed by atoms with van der Waals surface area (Å²) in [6.45, 7) is 0.480. The lowest BCUT2D eigenvalue weighted by molar-refractivity contribution is -0.129. The van der Waals surface area contributed by atoms with Gasteiger partial charge in [-0.2, -0.15) is 0 Å². The molecule has 1 aliphatic rings. The van der Waals surface area contributed by atoms with Crippen LogP contribution in [0.4, 0.5) is 0 Å². The third-order valence-corrected chi connectivity index (χ3v) is 6.75. The smallest absolute Gasteiger partial charge is 0.266 e. The summed E-state index contributed by atoms with van der Waals surface area (Å²) < 4.78 is 18.3. The van der Waals surface area contributed by atoms with E-state index in [0.717, 1.165) is 15.6 Å². The van der Waals surface area contributed by atoms with Crippen molar-refractivity contribution in [2.24, 2.45) is 10.8 Å². The zero-order chi connectivity index (χ0) is 25.5. The summed E-state index contributed by atoms with van der Waals surface area (Å²) in [5.74, 6) is 6.84. The minimum Gasteiger partial charge on any atom is -0.497 e. The molecule has 0 aromatic heterocycles. The van der Waals surface area contributed by atoms with Crippen LogP contribution in [0.1, 0.15) is 29.2 Å². The molecule has 3 aromatic rings. The number of aliphatic imine (C=N–C) groups is 1. The highest BCUT2D eigenvalue weighted by Crippen LogP contribution is 2.43. The fraction of sp³-hybridized carbons (Fsp3) is 0.259. The Morgan fingerprint density at radius 3 is 2.61 bits per heavy atom. The molecule has 3 aromatic carbocycles. The molecule has 1 heterocycles. The average Bonchev–Trinajstić information content (AvgIpc) is 3.30. The van der Waals surface area contributed by atoms with Gasteiger partial charge in [0.1, 0.15) is 11.5 Å². The van der Waals surface area contributed by atoms with Gasteiger partial charge in [0, 0.05) is 29.5 Å². The van der Waals surface area contributed by atoms with Crippen LogP contribution < -0.4 is 20.7 Å². The quantitative estimate of drug-likeness (QED) is 0.152. The van der Waals surface area contributed by atoms with Gasteiger partial charge in [-0.25, -0.2) is 10.8 Å². The molecule has 188 valence electrons. The molecule has 1 amide bonds. The zero-order valence-corrected chi connectivity index (χ0v) is 21.4. The van der Waals surface area contributed by atoms with E-state index in [2.05, 4.69) is 21.4 Å². The maximum atomic E-state index is 13.5. The van der Waals surface area contributed by atoms with E-state index in [-0.39, 0.29) is 13.0 Å². The van der Waals surface area contributed by atoms with Crippen molar-refractivity contribution in [3.63, 3.8) is 0 Å². The lowest BCUT2D eigenvalue weighted by Crippen LogP contribution is -2.52. The molecule has 0 fully saturated rings. The molecule has 0 saturated heterocycles. The fourth-order valence-electron chi connectivity index (χ4n) is 4.14. The number of nitrogens with two attached hydrogens (primary N) is 1. The first-order valence-electron chi connectivity index (χ1n) is 11.5. The lowest BCUT2D eigenvalue weighted by atomic mass is 9.82. The van der Waals surface area contributed by atoms with E-state index in [1.54, 1.807) is 19.2 Å². The lowest BCUT2D eigenvalue weighted by Gasteiger charge is -2.30. The van der Waals surface area contributed by atoms with Crippen molar-refractivity contribution in [1.82, 2.24) is 5.43 Å². The monoisotopic (exact) mass is 553 g/mol. The molecule has 36 heavy (non-hydrogen) atoms. The van der Waals surface area contributed by atoms with Crippen molar-refractivity contribution < 1.29 is 24.1 Å². The van der Waals surface area contributed by atoms with Crippen molar-refractivity contribution in [3.05, 3.63) is 94.0 Å². The van der Waals surface area contributed by atoms with Crippen LogP contribution in [0.2, 0.25) is 0 Å². The average molecular weight is 554 g/mol. The predicted molar refractivity (Wildman–Crippen MR) is 140 cm³/mol. The van der Waals surface area contributed by atoms with Crippen molar-refractivity contribution in [1.29, 1.82) is 0 Å². The predicted octanol–water partition coefficient (Wildman–Crippen LogP) is 3.71. The number of amides is 1. The maximum Gasteiger partial charge on any atom is 0.266 e. The number of aliphatic hydroxyl groups excluding tert-OH is 1. The van der Waals surface area contributed by atoms with E-state index in [1.807, 2.05) is 60.7 Å². The molecule has 4 rings (SSSR count). The van der Waals surface area contributed by atoms with Crippen LogP contribution >= 0.6 is 15.9 Å². The molecule has 0 saturated carbocycles. The fourth-order valence-corrected chi connectivity index (χ4v) is 4.57. The highest BCUT2D eigenvalue weighted by Gasteiger charge is 2.53. The zero-order valence-electron chi connectivity index (χ0n) is 19.8. The number of methoxy groups -OCH3 is 1. The van der Waals surface area contributed by atoms with Crippen LogP contribution in [0, 0.1) is 0 Å². The van der Waals surface area contributed by atoms with Gasteiger partial charge in [0.25, 0.3) is 5.91 Å². The number of hydrazine groups is 1. The van der Waals surface area contributed by atoms with Gasteiger partial charge >= 0.3 is 0 Å². The van der Waals surface area contributed by atoms with Crippen LogP contribution in [0.15, 0.2) is 82.3 Å². The molecule has 0 radical (unpaired) electrons. The van der Waals surface area contributed by atoms with Gasteiger partial charge in [0.05, 0.1) is 13.7 Å². The number of halogens is 1. The van der Waals surface area contributed by atoms with Crippen molar-refractivity contribution >= 4 is 27.7 Å². The van der Waals surface area contributed by atoms with Crippen LogP contribution in [-0.4, -0.2) is 42.8 Å². The Hall–Kier alpha value is -3.40. The van der Waals surface area contributed by atoms with E-state index < -0.39 is 17.6 Å². The van der Waals surface area contributed by atoms with Crippen molar-refractivity contribution in [2.45, 2.75) is 24.5 Å². The van der Waals surface area contributed by atoms with Crippen LogP contribution in [0.3, 0.4) is 0 Å². The number of nitrogens with zero attached hydrogens (tertiary/aromatic N) is 1. The van der Waals surface area contributed by atoms with Crippen LogP contribution in [0.25, 0.3) is 0 Å². The minimum atomic E-state index is -1.38. The third-order valence-electron chi connectivity index (χ3n) is 5.98. The summed E-state index contributed by atoms with van der Waals surface area (Å²) in [6.07, 6.45) is 0.0234. The summed E-state index contributed by atoms with van der Waals surface area (Å²) in [5.41, 5.74) is 3.24. The van der Waals surface area contributed by atoms with E-state index in [0.29, 0.717) is 36.0 Å². The van der Waals surface area contributed by atoms with Gasteiger partial charge in [-0.15, -0.1) is 0 Å². The minimum absolute atomic E-state index is 0.0667. The topological polar surface area (TPSA) is 115 Å². The standard InChI is InChI=1S/C27H28BrN3O5/c1-34-22-8-4-7-19(16-22)24-27(26(33)31-29,17-20-6-2-3-9-23(20)28)30-25(36-24)18-10-12-21(13-11-18)35-15-5-14-32/h2-4,6-13,16,24,32H,5,14-15,17,29H2,1H3,(H,31,33)/t24-,27-/m0/s1. The SMILES string of the molecule is COc1cccc([C@@H]2OC(c3ccc(OCCCO)cc3)=N[C@]2(Cc2ccccc2Br)C(=O)NN)c1. The molecular weight excluding hydrogens is 526 g/mol. The number of carbonyl (C=O) groups is 1. The second kappa shape index (κ2) is 11.6. The molecule has 8 nitrogen and oxygen atoms in total. The van der Waals surface area contributed by atoms with Crippen molar-refractivity contribution in [3.8, 4) is 11.5 Å². The molecule has 0 aliphatic carbocycles. The highest BCUT2D eigenvalue weighted by atomic mass is 79.9. The molecule has 0 unspecified atom stereocenters. The van der Waals surface area contributed by atoms with Crippen molar-refractivity contribution in [2.75, 3.05) is 20.3 Å². The Labute approximate surface area is 218 Å². The van der Waals surface area contributed by atoms with E-state index in [4.69, 9.17) is 30.2 Å². The Morgan fingerprint density at radius 1 is 1.14 bits per heavy atom. The first kappa shape index (κ1) is 25.7. The second-order valence-corrected chi connectivity index (χ2v) is 9.16. The number of hydrogen-bond donors (Lipinski definition) is 3. The van der Waals surface area contributed by atoms with Gasteiger partial charge in [-0.3, -0.25) is 10.2 Å². The number of benzene rings is 3. The molecule has 1 aliphatic heterocycles. The Morgan fingerprint density at radius 2 is 1.92 bits per heavy atom. The molecule has 2 atom stereocenters. The van der Waals surface area contributed by atoms with Crippen LogP contribution in [0.5, 0.6) is 11.5 Å². The highest BCUT2D eigenvalue weighted by molar-refractivity contribution is 9.10. The largest absolute Gasteiger partial charge is 0.497 e. The summed E-state index contributed by atoms with van der Waals surface area (Å²) in [7, 11) is 1.58. The summed E-state index contributed by atoms with van der Waals surface area (Å²) in [6, 6.07) is 22.3. The first-order valence-corrected chi connectivity index (χ1v) is 12.3. The summed E-state index contributed by atoms with van der Waals surface area (Å²) in [5, 5.41) is 8.96. The van der Waals surface area contributed by atoms with E-state index in [9.17, 15) is 4.79 Å².